The molecule has 3 fully saturated rings. The maximum atomic E-state index is 12.6. The number of fused-ring (bicyclic) bond motifs is 4. The van der Waals surface area contributed by atoms with Crippen LogP contribution in [0.5, 0.6) is 11.6 Å². The third-order valence-corrected chi connectivity index (χ3v) is 5.14. The minimum Gasteiger partial charge on any atom is -0.484 e. The zero-order valence-electron chi connectivity index (χ0n) is 12.7. The number of pyridine rings is 1. The van der Waals surface area contributed by atoms with Crippen LogP contribution in [0.4, 0.5) is 0 Å². The molecule has 0 spiro atoms. The molecule has 5 rings (SSSR count). The van der Waals surface area contributed by atoms with Crippen LogP contribution in [0.25, 0.3) is 0 Å². The van der Waals surface area contributed by atoms with Crippen LogP contribution in [0.1, 0.15) is 30.1 Å². The summed E-state index contributed by atoms with van der Waals surface area (Å²) in [5.41, 5.74) is 0.535. The first kappa shape index (κ1) is 13.8. The summed E-state index contributed by atoms with van der Waals surface area (Å²) in [5, 5.41) is 3.21. The predicted octanol–water partition coefficient (Wildman–Crippen LogP) is 1.07. The third kappa shape index (κ3) is 2.31. The topological polar surface area (TPSA) is 63.7 Å². The van der Waals surface area contributed by atoms with E-state index in [0.717, 1.165) is 13.1 Å². The first-order valence-corrected chi connectivity index (χ1v) is 8.03. The van der Waals surface area contributed by atoms with Gasteiger partial charge in [-0.1, -0.05) is 0 Å². The number of ether oxygens (including phenoxy) is 2. The van der Waals surface area contributed by atoms with Gasteiger partial charge in [-0.2, -0.15) is 0 Å². The van der Waals surface area contributed by atoms with Crippen molar-refractivity contribution in [2.45, 2.75) is 31.8 Å². The van der Waals surface area contributed by atoms with Gasteiger partial charge in [-0.05, 0) is 38.8 Å². The van der Waals surface area contributed by atoms with Crippen LogP contribution >= 0.6 is 0 Å². The molecule has 0 radical (unpaired) electrons. The van der Waals surface area contributed by atoms with Crippen molar-refractivity contribution in [3.05, 3.63) is 17.8 Å². The molecule has 4 aliphatic heterocycles. The summed E-state index contributed by atoms with van der Waals surface area (Å²) < 4.78 is 10.9. The summed E-state index contributed by atoms with van der Waals surface area (Å²) in [6.07, 6.45) is 3.91. The molecule has 22 heavy (non-hydrogen) atoms. The quantitative estimate of drug-likeness (QED) is 0.885. The van der Waals surface area contributed by atoms with E-state index in [0.29, 0.717) is 42.4 Å². The Bertz CT molecular complexity index is 582. The van der Waals surface area contributed by atoms with Gasteiger partial charge < -0.3 is 14.8 Å². The van der Waals surface area contributed by atoms with E-state index >= 15 is 0 Å². The summed E-state index contributed by atoms with van der Waals surface area (Å²) in [5.74, 6) is 1.55. The minimum atomic E-state index is -0.0740. The molecule has 4 aliphatic rings. The van der Waals surface area contributed by atoms with Gasteiger partial charge in [0.2, 0.25) is 0 Å². The van der Waals surface area contributed by atoms with E-state index in [1.54, 1.807) is 12.3 Å². The summed E-state index contributed by atoms with van der Waals surface area (Å²) in [7, 11) is 0. The Hall–Kier alpha value is -1.82. The van der Waals surface area contributed by atoms with Crippen molar-refractivity contribution >= 4 is 5.91 Å². The number of carbonyl (C=O) groups is 1. The lowest BCUT2D eigenvalue weighted by Gasteiger charge is -2.49. The Kier molecular flexibility index (Phi) is 3.41. The van der Waals surface area contributed by atoms with Gasteiger partial charge in [0.05, 0.1) is 5.56 Å². The maximum absolute atomic E-state index is 12.6. The third-order valence-electron chi connectivity index (χ3n) is 5.14. The molecule has 5 heterocycles. The number of amides is 1. The number of hydrogen-bond donors (Lipinski definition) is 1. The van der Waals surface area contributed by atoms with E-state index in [9.17, 15) is 4.79 Å². The first-order valence-electron chi connectivity index (χ1n) is 8.03. The highest BCUT2D eigenvalue weighted by Gasteiger charge is 2.40. The molecule has 3 saturated heterocycles. The van der Waals surface area contributed by atoms with E-state index < -0.39 is 0 Å². The Morgan fingerprint density at radius 2 is 2.09 bits per heavy atom. The lowest BCUT2D eigenvalue weighted by molar-refractivity contribution is 0.0217. The zero-order chi connectivity index (χ0) is 15.1. The molecule has 1 aromatic heterocycles. The Morgan fingerprint density at radius 1 is 1.32 bits per heavy atom. The monoisotopic (exact) mass is 303 g/mol. The molecule has 6 heteroatoms. The largest absolute Gasteiger partial charge is 0.484 e. The Labute approximate surface area is 129 Å². The second-order valence-electron chi connectivity index (χ2n) is 6.34. The van der Waals surface area contributed by atoms with Gasteiger partial charge in [0.25, 0.3) is 11.8 Å². The summed E-state index contributed by atoms with van der Waals surface area (Å²) in [6, 6.07) is 2.35. The lowest BCUT2D eigenvalue weighted by atomic mass is 9.79. The number of hydrogen-bond acceptors (Lipinski definition) is 5. The molecule has 1 N–H and O–H groups in total. The highest BCUT2D eigenvalue weighted by molar-refractivity contribution is 5.94. The van der Waals surface area contributed by atoms with E-state index in [1.165, 1.54) is 12.8 Å². The van der Waals surface area contributed by atoms with Gasteiger partial charge in [0.15, 0.2) is 5.75 Å². The molecule has 2 bridgehead atoms. The van der Waals surface area contributed by atoms with E-state index in [2.05, 4.69) is 22.1 Å². The van der Waals surface area contributed by atoms with Gasteiger partial charge in [-0.3, -0.25) is 9.69 Å². The number of rotatable bonds is 2. The SMILES string of the molecule is C[C@H]1[C@H](NC(=O)c2cnc3c(c2)OCCO3)C2CCN1CC2. The lowest BCUT2D eigenvalue weighted by Crippen LogP contribution is -2.62. The molecular weight excluding hydrogens is 282 g/mol. The fourth-order valence-corrected chi connectivity index (χ4v) is 3.84. The van der Waals surface area contributed by atoms with Gasteiger partial charge in [-0.25, -0.2) is 4.98 Å². The van der Waals surface area contributed by atoms with Crippen molar-refractivity contribution in [2.24, 2.45) is 5.92 Å². The van der Waals surface area contributed by atoms with Crippen LogP contribution in [-0.4, -0.2) is 54.2 Å². The highest BCUT2D eigenvalue weighted by atomic mass is 16.6. The predicted molar refractivity (Wildman–Crippen MR) is 80.2 cm³/mol. The van der Waals surface area contributed by atoms with Crippen LogP contribution < -0.4 is 14.8 Å². The number of nitrogens with one attached hydrogen (secondary N) is 1. The number of aromatic nitrogens is 1. The molecule has 6 nitrogen and oxygen atoms in total. The molecule has 1 amide bonds. The van der Waals surface area contributed by atoms with Crippen LogP contribution in [-0.2, 0) is 0 Å². The smallest absolute Gasteiger partial charge is 0.257 e. The highest BCUT2D eigenvalue weighted by Crippen LogP contribution is 2.33. The standard InChI is InChI=1S/C16H21N3O3/c1-10-14(11-2-4-19(10)5-3-11)18-15(20)12-8-13-16(17-9-12)22-7-6-21-13/h8-11,14H,2-7H2,1H3,(H,18,20)/t10-,14-/m0/s1. The molecule has 1 aromatic rings. The van der Waals surface area contributed by atoms with Crippen molar-refractivity contribution in [3.8, 4) is 11.6 Å². The van der Waals surface area contributed by atoms with Crippen molar-refractivity contribution in [3.63, 3.8) is 0 Å². The molecule has 118 valence electrons. The summed E-state index contributed by atoms with van der Waals surface area (Å²) in [4.78, 5) is 19.2. The molecule has 0 aliphatic carbocycles. The molecule has 2 atom stereocenters. The van der Waals surface area contributed by atoms with Crippen LogP contribution in [0.2, 0.25) is 0 Å². The number of carbonyl (C=O) groups excluding carboxylic acids is 1. The van der Waals surface area contributed by atoms with E-state index in [-0.39, 0.29) is 11.9 Å². The summed E-state index contributed by atoms with van der Waals surface area (Å²) >= 11 is 0. The van der Waals surface area contributed by atoms with Gasteiger partial charge in [0, 0.05) is 24.3 Å². The normalized spacial score (nSPS) is 32.6. The van der Waals surface area contributed by atoms with E-state index in [4.69, 9.17) is 9.47 Å². The first-order chi connectivity index (χ1) is 10.7. The van der Waals surface area contributed by atoms with Crippen molar-refractivity contribution in [1.82, 2.24) is 15.2 Å². The van der Waals surface area contributed by atoms with Crippen molar-refractivity contribution in [2.75, 3.05) is 26.3 Å². The number of piperidine rings is 3. The van der Waals surface area contributed by atoms with Crippen molar-refractivity contribution in [1.29, 1.82) is 0 Å². The maximum Gasteiger partial charge on any atom is 0.257 e. The van der Waals surface area contributed by atoms with Gasteiger partial charge >= 0.3 is 0 Å². The van der Waals surface area contributed by atoms with E-state index in [1.807, 2.05) is 0 Å². The Balaban J connectivity index is 1.50. The molecule has 0 saturated carbocycles. The van der Waals surface area contributed by atoms with Crippen LogP contribution in [0.15, 0.2) is 12.3 Å². The second-order valence-corrected chi connectivity index (χ2v) is 6.34. The average Bonchev–Trinajstić information content (AvgIpc) is 2.58. The fourth-order valence-electron chi connectivity index (χ4n) is 3.84. The molecule has 0 unspecified atom stereocenters. The average molecular weight is 303 g/mol. The summed E-state index contributed by atoms with van der Waals surface area (Å²) in [6.45, 7) is 5.52. The zero-order valence-corrected chi connectivity index (χ0v) is 12.7. The molecular formula is C16H21N3O3. The molecule has 0 aromatic carbocycles. The van der Waals surface area contributed by atoms with Crippen LogP contribution in [0.3, 0.4) is 0 Å². The van der Waals surface area contributed by atoms with Crippen molar-refractivity contribution < 1.29 is 14.3 Å². The van der Waals surface area contributed by atoms with Gasteiger partial charge in [0.1, 0.15) is 13.2 Å². The minimum absolute atomic E-state index is 0.0740. The fraction of sp³-hybridized carbons (Fsp3) is 0.625. The second kappa shape index (κ2) is 5.43. The Morgan fingerprint density at radius 3 is 2.86 bits per heavy atom. The van der Waals surface area contributed by atoms with Crippen LogP contribution in [0, 0.1) is 5.92 Å². The number of nitrogens with zero attached hydrogens (tertiary/aromatic N) is 2. The van der Waals surface area contributed by atoms with Gasteiger partial charge in [-0.15, -0.1) is 0 Å².